The van der Waals surface area contributed by atoms with Crippen LogP contribution in [0.3, 0.4) is 0 Å². The molecule has 13 heavy (non-hydrogen) atoms. The minimum atomic E-state index is 0.438. The molecule has 1 aromatic carbocycles. The molecule has 0 saturated heterocycles. The van der Waals surface area contributed by atoms with E-state index in [9.17, 15) is 0 Å². The zero-order valence-electron chi connectivity index (χ0n) is 8.00. The number of rotatable bonds is 3. The monoisotopic (exact) mass is 175 g/mol. The highest BCUT2D eigenvalue weighted by atomic mass is 16.5. The molecule has 0 radical (unpaired) electrons. The van der Waals surface area contributed by atoms with Crippen LogP contribution in [0.5, 0.6) is 5.75 Å². The summed E-state index contributed by atoms with van der Waals surface area (Å²) in [6, 6.07) is 8.11. The molecule has 68 valence electrons. The van der Waals surface area contributed by atoms with E-state index < -0.39 is 0 Å². The van der Waals surface area contributed by atoms with Crippen LogP contribution in [0.15, 0.2) is 18.2 Å². The Labute approximate surface area is 78.8 Å². The standard InChI is InChI=1S/C11H13NO/c1-9-4-5-10(2)11(8-9)13-7-3-6-12/h4-5,8H,3,7H2,1-2H3. The maximum Gasteiger partial charge on any atom is 0.122 e. The Morgan fingerprint density at radius 2 is 2.15 bits per heavy atom. The van der Waals surface area contributed by atoms with Gasteiger partial charge in [0.25, 0.3) is 0 Å². The van der Waals surface area contributed by atoms with Gasteiger partial charge in [-0.3, -0.25) is 0 Å². The van der Waals surface area contributed by atoms with Crippen molar-refractivity contribution in [3.05, 3.63) is 29.3 Å². The van der Waals surface area contributed by atoms with E-state index in [1.165, 1.54) is 5.56 Å². The van der Waals surface area contributed by atoms with E-state index in [1.807, 2.05) is 38.1 Å². The zero-order valence-corrected chi connectivity index (χ0v) is 8.00. The third kappa shape index (κ3) is 2.79. The van der Waals surface area contributed by atoms with E-state index in [0.717, 1.165) is 11.3 Å². The van der Waals surface area contributed by atoms with Gasteiger partial charge in [-0.15, -0.1) is 0 Å². The molecule has 0 saturated carbocycles. The van der Waals surface area contributed by atoms with Crippen molar-refractivity contribution in [2.75, 3.05) is 6.61 Å². The van der Waals surface area contributed by atoms with E-state index in [1.54, 1.807) is 0 Å². The lowest BCUT2D eigenvalue weighted by molar-refractivity contribution is 0.324. The molecule has 0 aliphatic rings. The number of hydrogen-bond acceptors (Lipinski definition) is 2. The first-order valence-electron chi connectivity index (χ1n) is 4.31. The van der Waals surface area contributed by atoms with Gasteiger partial charge in [-0.05, 0) is 31.0 Å². The van der Waals surface area contributed by atoms with Crippen LogP contribution in [-0.4, -0.2) is 6.61 Å². The molecular formula is C11H13NO. The molecule has 0 aliphatic heterocycles. The molecule has 0 aliphatic carbocycles. The van der Waals surface area contributed by atoms with Crippen LogP contribution < -0.4 is 4.74 Å². The predicted molar refractivity (Wildman–Crippen MR) is 51.6 cm³/mol. The average Bonchev–Trinajstić information content (AvgIpc) is 2.11. The van der Waals surface area contributed by atoms with E-state index in [2.05, 4.69) is 0 Å². The fourth-order valence-electron chi connectivity index (χ4n) is 1.07. The lowest BCUT2D eigenvalue weighted by Crippen LogP contribution is -1.97. The van der Waals surface area contributed by atoms with Crippen LogP contribution in [0.25, 0.3) is 0 Å². The molecule has 0 heterocycles. The Bertz CT molecular complexity index is 325. The van der Waals surface area contributed by atoms with Crippen LogP contribution in [0.1, 0.15) is 17.5 Å². The van der Waals surface area contributed by atoms with Crippen LogP contribution >= 0.6 is 0 Å². The van der Waals surface area contributed by atoms with Crippen molar-refractivity contribution >= 4 is 0 Å². The first-order valence-corrected chi connectivity index (χ1v) is 4.31. The fourth-order valence-corrected chi connectivity index (χ4v) is 1.07. The van der Waals surface area contributed by atoms with Gasteiger partial charge in [0, 0.05) is 0 Å². The van der Waals surface area contributed by atoms with Crippen LogP contribution in [0, 0.1) is 25.2 Å². The lowest BCUT2D eigenvalue weighted by Gasteiger charge is -2.07. The minimum Gasteiger partial charge on any atom is -0.492 e. The van der Waals surface area contributed by atoms with Gasteiger partial charge in [0.15, 0.2) is 0 Å². The maximum atomic E-state index is 8.34. The highest BCUT2D eigenvalue weighted by Crippen LogP contribution is 2.18. The summed E-state index contributed by atoms with van der Waals surface area (Å²) in [7, 11) is 0. The highest BCUT2D eigenvalue weighted by molar-refractivity contribution is 5.35. The summed E-state index contributed by atoms with van der Waals surface area (Å²) in [5, 5.41) is 8.34. The van der Waals surface area contributed by atoms with Crippen LogP contribution in [0.4, 0.5) is 0 Å². The van der Waals surface area contributed by atoms with E-state index in [0.29, 0.717) is 13.0 Å². The fraction of sp³-hybridized carbons (Fsp3) is 0.364. The normalized spacial score (nSPS) is 9.31. The summed E-state index contributed by atoms with van der Waals surface area (Å²) in [5.74, 6) is 0.884. The highest BCUT2D eigenvalue weighted by Gasteiger charge is 1.98. The van der Waals surface area contributed by atoms with Crippen molar-refractivity contribution in [3.63, 3.8) is 0 Å². The quantitative estimate of drug-likeness (QED) is 0.661. The van der Waals surface area contributed by atoms with Crippen molar-refractivity contribution in [1.29, 1.82) is 5.26 Å². The summed E-state index contributed by atoms with van der Waals surface area (Å²) in [6.07, 6.45) is 0.438. The van der Waals surface area contributed by atoms with Crippen LogP contribution in [-0.2, 0) is 0 Å². The molecule has 0 atom stereocenters. The third-order valence-corrected chi connectivity index (χ3v) is 1.82. The predicted octanol–water partition coefficient (Wildman–Crippen LogP) is 2.60. The van der Waals surface area contributed by atoms with Gasteiger partial charge in [-0.2, -0.15) is 5.26 Å². The Balaban J connectivity index is 2.65. The maximum absolute atomic E-state index is 8.34. The molecule has 0 amide bonds. The van der Waals surface area contributed by atoms with Crippen molar-refractivity contribution < 1.29 is 4.74 Å². The molecule has 1 aromatic rings. The summed E-state index contributed by atoms with van der Waals surface area (Å²) in [6.45, 7) is 4.50. The molecule has 0 fully saturated rings. The molecule has 2 heteroatoms. The lowest BCUT2D eigenvalue weighted by atomic mass is 10.1. The molecule has 0 bridgehead atoms. The molecule has 0 N–H and O–H groups in total. The Kier molecular flexibility index (Phi) is 3.33. The Hall–Kier alpha value is -1.49. The molecule has 1 rings (SSSR count). The van der Waals surface area contributed by atoms with Crippen molar-refractivity contribution in [2.24, 2.45) is 0 Å². The summed E-state index contributed by atoms with van der Waals surface area (Å²) < 4.78 is 5.44. The van der Waals surface area contributed by atoms with Crippen molar-refractivity contribution in [1.82, 2.24) is 0 Å². The van der Waals surface area contributed by atoms with E-state index >= 15 is 0 Å². The number of nitriles is 1. The van der Waals surface area contributed by atoms with Crippen molar-refractivity contribution in [3.8, 4) is 11.8 Å². The van der Waals surface area contributed by atoms with Crippen LogP contribution in [0.2, 0.25) is 0 Å². The number of nitrogens with zero attached hydrogens (tertiary/aromatic N) is 1. The van der Waals surface area contributed by atoms with Gasteiger partial charge in [-0.25, -0.2) is 0 Å². The summed E-state index contributed by atoms with van der Waals surface area (Å²) in [5.41, 5.74) is 2.29. The van der Waals surface area contributed by atoms with Gasteiger partial charge in [0.05, 0.1) is 12.5 Å². The molecular weight excluding hydrogens is 162 g/mol. The minimum absolute atomic E-state index is 0.438. The second-order valence-electron chi connectivity index (χ2n) is 3.03. The average molecular weight is 175 g/mol. The molecule has 0 spiro atoms. The first-order chi connectivity index (χ1) is 6.24. The molecule has 2 nitrogen and oxygen atoms in total. The SMILES string of the molecule is Cc1ccc(C)c(OCCC#N)c1. The number of hydrogen-bond donors (Lipinski definition) is 0. The molecule has 0 unspecified atom stereocenters. The Morgan fingerprint density at radius 1 is 1.38 bits per heavy atom. The first kappa shape index (κ1) is 9.60. The third-order valence-electron chi connectivity index (χ3n) is 1.82. The Morgan fingerprint density at radius 3 is 2.85 bits per heavy atom. The zero-order chi connectivity index (χ0) is 9.68. The smallest absolute Gasteiger partial charge is 0.122 e. The van der Waals surface area contributed by atoms with Gasteiger partial charge >= 0.3 is 0 Å². The molecule has 0 aromatic heterocycles. The van der Waals surface area contributed by atoms with Crippen molar-refractivity contribution in [2.45, 2.75) is 20.3 Å². The van der Waals surface area contributed by atoms with Gasteiger partial charge in [0.2, 0.25) is 0 Å². The number of ether oxygens (including phenoxy) is 1. The van der Waals surface area contributed by atoms with E-state index in [4.69, 9.17) is 10.00 Å². The summed E-state index contributed by atoms with van der Waals surface area (Å²) >= 11 is 0. The van der Waals surface area contributed by atoms with E-state index in [-0.39, 0.29) is 0 Å². The van der Waals surface area contributed by atoms with Gasteiger partial charge < -0.3 is 4.74 Å². The summed E-state index contributed by atoms with van der Waals surface area (Å²) in [4.78, 5) is 0. The topological polar surface area (TPSA) is 33.0 Å². The number of benzene rings is 1. The second kappa shape index (κ2) is 4.51. The second-order valence-corrected chi connectivity index (χ2v) is 3.03. The van der Waals surface area contributed by atoms with Gasteiger partial charge in [0.1, 0.15) is 12.4 Å². The van der Waals surface area contributed by atoms with Gasteiger partial charge in [-0.1, -0.05) is 12.1 Å². The largest absolute Gasteiger partial charge is 0.492 e. The number of aryl methyl sites for hydroxylation is 2.